The summed E-state index contributed by atoms with van der Waals surface area (Å²) < 4.78 is 0. The quantitative estimate of drug-likeness (QED) is 0.763. The van der Waals surface area contributed by atoms with Crippen LogP contribution in [0.4, 0.5) is 0 Å². The number of hydrogen-bond acceptors (Lipinski definition) is 2. The summed E-state index contributed by atoms with van der Waals surface area (Å²) in [5.74, 6) is -0.684. The van der Waals surface area contributed by atoms with Gasteiger partial charge in [0.1, 0.15) is 0 Å². The molecule has 0 spiro atoms. The van der Waals surface area contributed by atoms with Crippen molar-refractivity contribution in [3.8, 4) is 0 Å². The lowest BCUT2D eigenvalue weighted by Gasteiger charge is -2.04. The highest BCUT2D eigenvalue weighted by molar-refractivity contribution is 5.87. The number of aromatic carboxylic acids is 1. The summed E-state index contributed by atoms with van der Waals surface area (Å²) in [5.41, 5.74) is 0.356. The van der Waals surface area contributed by atoms with Gasteiger partial charge in [0.25, 0.3) is 0 Å². The molecule has 0 aliphatic heterocycles. The van der Waals surface area contributed by atoms with Crippen molar-refractivity contribution in [3.05, 3.63) is 33.7 Å². The molecular weight excluding hydrogens is 182 g/mol. The molecule has 4 nitrogen and oxygen atoms in total. The number of H-pyrrole nitrogens is 1. The first-order valence-corrected chi connectivity index (χ1v) is 4.45. The molecule has 0 amide bonds. The zero-order valence-electron chi connectivity index (χ0n) is 8.20. The van der Waals surface area contributed by atoms with E-state index >= 15 is 0 Å². The minimum Gasteiger partial charge on any atom is -0.478 e. The first-order chi connectivity index (χ1) is 6.49. The zero-order valence-corrected chi connectivity index (χ0v) is 8.20. The second kappa shape index (κ2) is 4.09. The van der Waals surface area contributed by atoms with Crippen LogP contribution in [0.2, 0.25) is 0 Å². The van der Waals surface area contributed by atoms with Crippen molar-refractivity contribution in [2.75, 3.05) is 0 Å². The monoisotopic (exact) mass is 195 g/mol. The van der Waals surface area contributed by atoms with Crippen molar-refractivity contribution < 1.29 is 9.90 Å². The van der Waals surface area contributed by atoms with Crippen LogP contribution in [0.5, 0.6) is 0 Å². The predicted octanol–water partition coefficient (Wildman–Crippen LogP) is 1.27. The topological polar surface area (TPSA) is 70.2 Å². The third-order valence-electron chi connectivity index (χ3n) is 1.78. The van der Waals surface area contributed by atoms with Gasteiger partial charge in [0, 0.05) is 11.8 Å². The standard InChI is InChI=1S/C10H13NO3/c1-6(2)3-8-4-7(10(13)14)5-9(12)11-8/h4-6H,3H2,1-2H3,(H,11,12)(H,13,14). The highest BCUT2D eigenvalue weighted by Gasteiger charge is 2.06. The number of nitrogens with one attached hydrogen (secondary N) is 1. The second-order valence-corrected chi connectivity index (χ2v) is 3.66. The molecule has 0 atom stereocenters. The number of rotatable bonds is 3. The van der Waals surface area contributed by atoms with E-state index in [-0.39, 0.29) is 11.1 Å². The summed E-state index contributed by atoms with van der Waals surface area (Å²) in [4.78, 5) is 24.3. The van der Waals surface area contributed by atoms with Crippen molar-refractivity contribution >= 4 is 5.97 Å². The molecule has 0 radical (unpaired) electrons. The highest BCUT2D eigenvalue weighted by Crippen LogP contribution is 2.05. The van der Waals surface area contributed by atoms with Gasteiger partial charge >= 0.3 is 5.97 Å². The van der Waals surface area contributed by atoms with Crippen molar-refractivity contribution in [1.29, 1.82) is 0 Å². The van der Waals surface area contributed by atoms with Crippen LogP contribution < -0.4 is 5.56 Å². The SMILES string of the molecule is CC(C)Cc1cc(C(=O)O)cc(=O)[nH]1. The van der Waals surface area contributed by atoms with Crippen LogP contribution in [-0.4, -0.2) is 16.1 Å². The van der Waals surface area contributed by atoms with E-state index in [2.05, 4.69) is 4.98 Å². The Hall–Kier alpha value is -1.58. The van der Waals surface area contributed by atoms with Crippen LogP contribution >= 0.6 is 0 Å². The average Bonchev–Trinajstić information content (AvgIpc) is 2.01. The number of carbonyl (C=O) groups is 1. The molecular formula is C10H13NO3. The highest BCUT2D eigenvalue weighted by atomic mass is 16.4. The minimum atomic E-state index is -1.07. The van der Waals surface area contributed by atoms with Gasteiger partial charge in [-0.1, -0.05) is 13.8 Å². The van der Waals surface area contributed by atoms with Crippen LogP contribution in [0.3, 0.4) is 0 Å². The molecule has 4 heteroatoms. The van der Waals surface area contributed by atoms with E-state index in [9.17, 15) is 9.59 Å². The molecule has 1 rings (SSSR count). The zero-order chi connectivity index (χ0) is 10.7. The van der Waals surface area contributed by atoms with Crippen LogP contribution in [0, 0.1) is 5.92 Å². The van der Waals surface area contributed by atoms with Gasteiger partial charge in [0.05, 0.1) is 5.56 Å². The van der Waals surface area contributed by atoms with Crippen molar-refractivity contribution in [2.45, 2.75) is 20.3 Å². The number of aromatic amines is 1. The number of carboxylic acids is 1. The molecule has 1 heterocycles. The summed E-state index contributed by atoms with van der Waals surface area (Å²) in [6, 6.07) is 2.59. The lowest BCUT2D eigenvalue weighted by molar-refractivity contribution is 0.0696. The summed E-state index contributed by atoms with van der Waals surface area (Å²) in [6.45, 7) is 4.01. The van der Waals surface area contributed by atoms with E-state index in [4.69, 9.17) is 5.11 Å². The van der Waals surface area contributed by atoms with Gasteiger partial charge in [0.15, 0.2) is 0 Å². The fourth-order valence-corrected chi connectivity index (χ4v) is 1.27. The van der Waals surface area contributed by atoms with Gasteiger partial charge in [0.2, 0.25) is 5.56 Å². The molecule has 0 bridgehead atoms. The molecule has 14 heavy (non-hydrogen) atoms. The summed E-state index contributed by atoms with van der Waals surface area (Å²) >= 11 is 0. The van der Waals surface area contributed by atoms with Crippen molar-refractivity contribution in [3.63, 3.8) is 0 Å². The van der Waals surface area contributed by atoms with Gasteiger partial charge in [-0.05, 0) is 18.4 Å². The third-order valence-corrected chi connectivity index (χ3v) is 1.78. The Bertz CT molecular complexity index is 393. The first-order valence-electron chi connectivity index (χ1n) is 4.45. The first kappa shape index (κ1) is 10.5. The van der Waals surface area contributed by atoms with Gasteiger partial charge in [-0.25, -0.2) is 4.79 Å². The van der Waals surface area contributed by atoms with Crippen molar-refractivity contribution in [2.24, 2.45) is 5.92 Å². The fourth-order valence-electron chi connectivity index (χ4n) is 1.27. The lowest BCUT2D eigenvalue weighted by Crippen LogP contribution is -2.13. The lowest BCUT2D eigenvalue weighted by atomic mass is 10.1. The molecule has 1 aromatic heterocycles. The molecule has 0 aromatic carbocycles. The van der Waals surface area contributed by atoms with Gasteiger partial charge in [-0.15, -0.1) is 0 Å². The largest absolute Gasteiger partial charge is 0.478 e. The molecule has 0 fully saturated rings. The van der Waals surface area contributed by atoms with E-state index in [0.29, 0.717) is 18.0 Å². The van der Waals surface area contributed by atoms with E-state index in [1.165, 1.54) is 6.07 Å². The molecule has 2 N–H and O–H groups in total. The maximum atomic E-state index is 11.1. The van der Waals surface area contributed by atoms with Crippen LogP contribution in [0.15, 0.2) is 16.9 Å². The number of aromatic nitrogens is 1. The average molecular weight is 195 g/mol. The number of hydrogen-bond donors (Lipinski definition) is 2. The molecule has 0 aliphatic carbocycles. The normalized spacial score (nSPS) is 10.5. The maximum Gasteiger partial charge on any atom is 0.335 e. The second-order valence-electron chi connectivity index (χ2n) is 3.66. The Morgan fingerprint density at radius 1 is 1.50 bits per heavy atom. The molecule has 0 aliphatic rings. The third kappa shape index (κ3) is 2.73. The smallest absolute Gasteiger partial charge is 0.335 e. The Morgan fingerprint density at radius 2 is 2.14 bits per heavy atom. The van der Waals surface area contributed by atoms with Gasteiger partial charge in [-0.3, -0.25) is 4.79 Å². The van der Waals surface area contributed by atoms with Crippen LogP contribution in [0.25, 0.3) is 0 Å². The van der Waals surface area contributed by atoms with Gasteiger partial charge < -0.3 is 10.1 Å². The minimum absolute atomic E-state index is 0.0457. The summed E-state index contributed by atoms with van der Waals surface area (Å²) in [6.07, 6.45) is 0.677. The molecule has 76 valence electrons. The molecule has 0 unspecified atom stereocenters. The van der Waals surface area contributed by atoms with Crippen LogP contribution in [0.1, 0.15) is 29.9 Å². The van der Waals surface area contributed by atoms with E-state index in [1.807, 2.05) is 13.8 Å². The molecule has 1 aromatic rings. The molecule has 0 saturated heterocycles. The number of carboxylic acid groups (broad SMARTS) is 1. The predicted molar refractivity (Wildman–Crippen MR) is 52.6 cm³/mol. The Labute approximate surface area is 81.6 Å². The Balaban J connectivity index is 3.07. The van der Waals surface area contributed by atoms with Gasteiger partial charge in [-0.2, -0.15) is 0 Å². The Kier molecular flexibility index (Phi) is 3.06. The van der Waals surface area contributed by atoms with E-state index in [1.54, 1.807) is 0 Å². The summed E-state index contributed by atoms with van der Waals surface area (Å²) in [7, 11) is 0. The van der Waals surface area contributed by atoms with E-state index in [0.717, 1.165) is 6.07 Å². The fraction of sp³-hybridized carbons (Fsp3) is 0.400. The summed E-state index contributed by atoms with van der Waals surface area (Å²) in [5, 5.41) is 8.72. The van der Waals surface area contributed by atoms with Crippen molar-refractivity contribution in [1.82, 2.24) is 4.98 Å². The number of pyridine rings is 1. The Morgan fingerprint density at radius 3 is 2.64 bits per heavy atom. The molecule has 0 saturated carbocycles. The maximum absolute atomic E-state index is 11.1. The van der Waals surface area contributed by atoms with Crippen LogP contribution in [-0.2, 0) is 6.42 Å². The van der Waals surface area contributed by atoms with E-state index < -0.39 is 5.97 Å².